The molecule has 0 fully saturated rings. The molecule has 0 saturated carbocycles. The van der Waals surface area contributed by atoms with Gasteiger partial charge in [0.1, 0.15) is 5.75 Å². The summed E-state index contributed by atoms with van der Waals surface area (Å²) in [4.78, 5) is 0. The standard InChI is InChI=1S/C18H21Cl2NO/c1-13(2)9-10-22-16-6-3-14(4-7-16)12-21-18-8-5-15(19)11-17(18)20/h3-8,11,13,21H,9-10,12H2,1-2H3. The SMILES string of the molecule is CC(C)CCOc1ccc(CNc2ccc(Cl)cc2Cl)cc1. The largest absolute Gasteiger partial charge is 0.494 e. The summed E-state index contributed by atoms with van der Waals surface area (Å²) in [6.45, 7) is 5.85. The Hall–Kier alpha value is -1.38. The molecule has 0 aliphatic rings. The fraction of sp³-hybridized carbons (Fsp3) is 0.333. The predicted octanol–water partition coefficient (Wildman–Crippen LogP) is 6.03. The minimum Gasteiger partial charge on any atom is -0.494 e. The van der Waals surface area contributed by atoms with Crippen molar-refractivity contribution in [2.75, 3.05) is 11.9 Å². The van der Waals surface area contributed by atoms with Crippen LogP contribution in [0.2, 0.25) is 10.0 Å². The van der Waals surface area contributed by atoms with E-state index in [1.165, 1.54) is 5.56 Å². The van der Waals surface area contributed by atoms with Crippen molar-refractivity contribution in [2.24, 2.45) is 5.92 Å². The predicted molar refractivity (Wildman–Crippen MR) is 95.2 cm³/mol. The molecule has 0 saturated heterocycles. The van der Waals surface area contributed by atoms with Crippen LogP contribution in [-0.4, -0.2) is 6.61 Å². The third kappa shape index (κ3) is 5.43. The lowest BCUT2D eigenvalue weighted by Crippen LogP contribution is -2.02. The van der Waals surface area contributed by atoms with Gasteiger partial charge in [-0.15, -0.1) is 0 Å². The monoisotopic (exact) mass is 337 g/mol. The Morgan fingerprint density at radius 3 is 2.41 bits per heavy atom. The molecule has 0 radical (unpaired) electrons. The molecular formula is C18H21Cl2NO. The second-order valence-corrected chi connectivity index (χ2v) is 6.50. The van der Waals surface area contributed by atoms with Gasteiger partial charge in [-0.05, 0) is 48.2 Å². The molecule has 0 unspecified atom stereocenters. The number of hydrogen-bond acceptors (Lipinski definition) is 2. The Morgan fingerprint density at radius 1 is 1.05 bits per heavy atom. The van der Waals surface area contributed by atoms with Gasteiger partial charge in [0.25, 0.3) is 0 Å². The molecule has 0 aliphatic heterocycles. The van der Waals surface area contributed by atoms with Gasteiger partial charge in [-0.1, -0.05) is 49.2 Å². The Bertz CT molecular complexity index is 597. The lowest BCUT2D eigenvalue weighted by Gasteiger charge is -2.11. The van der Waals surface area contributed by atoms with Gasteiger partial charge in [0.15, 0.2) is 0 Å². The number of hydrogen-bond donors (Lipinski definition) is 1. The van der Waals surface area contributed by atoms with E-state index >= 15 is 0 Å². The fourth-order valence-corrected chi connectivity index (χ4v) is 2.42. The van der Waals surface area contributed by atoms with E-state index in [0.717, 1.165) is 24.5 Å². The van der Waals surface area contributed by atoms with Crippen molar-refractivity contribution >= 4 is 28.9 Å². The maximum absolute atomic E-state index is 6.14. The number of halogens is 2. The summed E-state index contributed by atoms with van der Waals surface area (Å²) in [7, 11) is 0. The number of nitrogens with one attached hydrogen (secondary N) is 1. The molecular weight excluding hydrogens is 317 g/mol. The first-order valence-electron chi connectivity index (χ1n) is 7.45. The van der Waals surface area contributed by atoms with Crippen molar-refractivity contribution in [2.45, 2.75) is 26.8 Å². The highest BCUT2D eigenvalue weighted by Gasteiger charge is 2.02. The molecule has 1 N–H and O–H groups in total. The summed E-state index contributed by atoms with van der Waals surface area (Å²) in [5, 5.41) is 4.57. The molecule has 0 aromatic heterocycles. The molecule has 0 spiro atoms. The van der Waals surface area contributed by atoms with Crippen molar-refractivity contribution in [3.63, 3.8) is 0 Å². The average molecular weight is 338 g/mol. The van der Waals surface area contributed by atoms with Crippen LogP contribution in [0.4, 0.5) is 5.69 Å². The molecule has 22 heavy (non-hydrogen) atoms. The van der Waals surface area contributed by atoms with Crippen LogP contribution in [0.5, 0.6) is 5.75 Å². The summed E-state index contributed by atoms with van der Waals surface area (Å²) in [5.74, 6) is 1.57. The Kier molecular flexibility index (Phi) is 6.41. The summed E-state index contributed by atoms with van der Waals surface area (Å²) in [6, 6.07) is 13.6. The van der Waals surface area contributed by atoms with Crippen LogP contribution >= 0.6 is 23.2 Å². The summed E-state index contributed by atoms with van der Waals surface area (Å²) < 4.78 is 5.71. The fourth-order valence-electron chi connectivity index (χ4n) is 1.95. The highest BCUT2D eigenvalue weighted by molar-refractivity contribution is 6.36. The Labute approximate surface area is 142 Å². The minimum absolute atomic E-state index is 0.626. The van der Waals surface area contributed by atoms with E-state index in [1.807, 2.05) is 24.3 Å². The van der Waals surface area contributed by atoms with Gasteiger partial charge in [0.2, 0.25) is 0 Å². The van der Waals surface area contributed by atoms with Crippen molar-refractivity contribution < 1.29 is 4.74 Å². The third-order valence-corrected chi connectivity index (χ3v) is 3.85. The Morgan fingerprint density at radius 2 is 1.77 bits per heavy atom. The molecule has 0 bridgehead atoms. The average Bonchev–Trinajstić information content (AvgIpc) is 2.47. The van der Waals surface area contributed by atoms with Gasteiger partial charge in [-0.2, -0.15) is 0 Å². The quantitative estimate of drug-likeness (QED) is 0.665. The minimum atomic E-state index is 0.626. The molecule has 4 heteroatoms. The lowest BCUT2D eigenvalue weighted by molar-refractivity contribution is 0.289. The normalized spacial score (nSPS) is 10.8. The van der Waals surface area contributed by atoms with Crippen molar-refractivity contribution in [1.82, 2.24) is 0 Å². The molecule has 2 aromatic carbocycles. The van der Waals surface area contributed by atoms with Gasteiger partial charge in [0.05, 0.1) is 17.3 Å². The van der Waals surface area contributed by atoms with Crippen molar-refractivity contribution in [1.29, 1.82) is 0 Å². The van der Waals surface area contributed by atoms with E-state index in [1.54, 1.807) is 6.07 Å². The van der Waals surface area contributed by atoms with Crippen molar-refractivity contribution in [3.8, 4) is 5.75 Å². The third-order valence-electron chi connectivity index (χ3n) is 3.30. The molecule has 2 aromatic rings. The maximum Gasteiger partial charge on any atom is 0.119 e. The molecule has 2 nitrogen and oxygen atoms in total. The number of anilines is 1. The van der Waals surface area contributed by atoms with Crippen LogP contribution in [0.1, 0.15) is 25.8 Å². The van der Waals surface area contributed by atoms with Crippen molar-refractivity contribution in [3.05, 3.63) is 58.1 Å². The van der Waals surface area contributed by atoms with Crippen LogP contribution in [0, 0.1) is 5.92 Å². The molecule has 0 aliphatic carbocycles. The smallest absolute Gasteiger partial charge is 0.119 e. The van der Waals surface area contributed by atoms with E-state index < -0.39 is 0 Å². The van der Waals surface area contributed by atoms with Crippen LogP contribution < -0.4 is 10.1 Å². The maximum atomic E-state index is 6.14. The van der Waals surface area contributed by atoms with E-state index in [2.05, 4.69) is 31.3 Å². The number of ether oxygens (including phenoxy) is 1. The zero-order valence-electron chi connectivity index (χ0n) is 12.9. The first-order chi connectivity index (χ1) is 10.5. The van der Waals surface area contributed by atoms with Crippen LogP contribution in [-0.2, 0) is 6.54 Å². The van der Waals surface area contributed by atoms with Gasteiger partial charge >= 0.3 is 0 Å². The lowest BCUT2D eigenvalue weighted by atomic mass is 10.1. The molecule has 2 rings (SSSR count). The topological polar surface area (TPSA) is 21.3 Å². The van der Waals surface area contributed by atoms with E-state index in [9.17, 15) is 0 Å². The summed E-state index contributed by atoms with van der Waals surface area (Å²) in [6.07, 6.45) is 1.07. The first-order valence-corrected chi connectivity index (χ1v) is 8.21. The second-order valence-electron chi connectivity index (χ2n) is 5.65. The van der Waals surface area contributed by atoms with Gasteiger partial charge in [-0.25, -0.2) is 0 Å². The first kappa shape index (κ1) is 17.0. The Balaban J connectivity index is 1.86. The second kappa shape index (κ2) is 8.30. The highest BCUT2D eigenvalue weighted by atomic mass is 35.5. The van der Waals surface area contributed by atoms with Gasteiger partial charge in [0, 0.05) is 11.6 Å². The zero-order chi connectivity index (χ0) is 15.9. The van der Waals surface area contributed by atoms with Crippen LogP contribution in [0.25, 0.3) is 0 Å². The highest BCUT2D eigenvalue weighted by Crippen LogP contribution is 2.26. The van der Waals surface area contributed by atoms with Crippen LogP contribution in [0.3, 0.4) is 0 Å². The summed E-state index contributed by atoms with van der Waals surface area (Å²) >= 11 is 12.0. The summed E-state index contributed by atoms with van der Waals surface area (Å²) in [5.41, 5.74) is 2.05. The molecule has 118 valence electrons. The van der Waals surface area contributed by atoms with E-state index in [-0.39, 0.29) is 0 Å². The number of rotatable bonds is 7. The van der Waals surface area contributed by atoms with Crippen LogP contribution in [0.15, 0.2) is 42.5 Å². The molecule has 0 amide bonds. The number of benzene rings is 2. The van der Waals surface area contributed by atoms with Gasteiger partial charge in [-0.3, -0.25) is 0 Å². The molecule has 0 atom stereocenters. The van der Waals surface area contributed by atoms with E-state index in [4.69, 9.17) is 27.9 Å². The van der Waals surface area contributed by atoms with Gasteiger partial charge < -0.3 is 10.1 Å². The molecule has 0 heterocycles. The van der Waals surface area contributed by atoms with E-state index in [0.29, 0.717) is 22.5 Å². The zero-order valence-corrected chi connectivity index (χ0v) is 14.4.